The molecule has 1 aliphatic rings. The lowest BCUT2D eigenvalue weighted by atomic mass is 9.89. The largest absolute Gasteiger partial charge is 0.293 e. The summed E-state index contributed by atoms with van der Waals surface area (Å²) < 4.78 is 1.60. The van der Waals surface area contributed by atoms with E-state index in [-0.39, 0.29) is 11.8 Å². The molecule has 1 fully saturated rings. The summed E-state index contributed by atoms with van der Waals surface area (Å²) in [5, 5.41) is 7.60. The van der Waals surface area contributed by atoms with Crippen LogP contribution in [0.5, 0.6) is 0 Å². The number of anilines is 1. The highest BCUT2D eigenvalue weighted by atomic mass is 35.5. The molecule has 6 heteroatoms. The summed E-state index contributed by atoms with van der Waals surface area (Å²) in [7, 11) is 0. The second-order valence-electron chi connectivity index (χ2n) is 4.91. The van der Waals surface area contributed by atoms with Crippen LogP contribution in [0.4, 0.5) is 5.95 Å². The molecule has 0 bridgehead atoms. The Labute approximate surface area is 116 Å². The first-order valence-electron chi connectivity index (χ1n) is 6.55. The van der Waals surface area contributed by atoms with Crippen LogP contribution in [0.25, 0.3) is 5.65 Å². The molecule has 19 heavy (non-hydrogen) atoms. The third kappa shape index (κ3) is 2.71. The van der Waals surface area contributed by atoms with E-state index < -0.39 is 0 Å². The van der Waals surface area contributed by atoms with Crippen LogP contribution < -0.4 is 5.32 Å². The molecule has 2 heterocycles. The first kappa shape index (κ1) is 12.4. The molecule has 1 N–H and O–H groups in total. The van der Waals surface area contributed by atoms with Crippen LogP contribution in [0.1, 0.15) is 32.1 Å². The van der Waals surface area contributed by atoms with Crippen LogP contribution in [0, 0.1) is 5.92 Å². The molecule has 0 atom stereocenters. The van der Waals surface area contributed by atoms with E-state index in [9.17, 15) is 4.79 Å². The van der Waals surface area contributed by atoms with Crippen LogP contribution in [0.3, 0.4) is 0 Å². The smallest absolute Gasteiger partial charge is 0.249 e. The van der Waals surface area contributed by atoms with Gasteiger partial charge in [-0.3, -0.25) is 10.1 Å². The summed E-state index contributed by atoms with van der Waals surface area (Å²) in [5.74, 6) is 0.475. The van der Waals surface area contributed by atoms with Crippen molar-refractivity contribution in [1.82, 2.24) is 14.6 Å². The average molecular weight is 279 g/mol. The van der Waals surface area contributed by atoms with Gasteiger partial charge in [-0.25, -0.2) is 4.52 Å². The van der Waals surface area contributed by atoms with E-state index in [4.69, 9.17) is 11.6 Å². The number of amides is 1. The van der Waals surface area contributed by atoms with Gasteiger partial charge >= 0.3 is 0 Å². The maximum atomic E-state index is 12.1. The highest BCUT2D eigenvalue weighted by Gasteiger charge is 2.22. The minimum atomic E-state index is 0.0294. The Morgan fingerprint density at radius 3 is 2.95 bits per heavy atom. The Morgan fingerprint density at radius 1 is 1.37 bits per heavy atom. The molecule has 0 saturated heterocycles. The Bertz CT molecular complexity index is 604. The van der Waals surface area contributed by atoms with Gasteiger partial charge in [0.2, 0.25) is 11.9 Å². The summed E-state index contributed by atoms with van der Waals surface area (Å²) in [6.07, 6.45) is 7.14. The number of pyridine rings is 1. The van der Waals surface area contributed by atoms with Crippen molar-refractivity contribution >= 4 is 29.1 Å². The Balaban J connectivity index is 1.75. The van der Waals surface area contributed by atoms with Crippen molar-refractivity contribution in [3.63, 3.8) is 0 Å². The highest BCUT2D eigenvalue weighted by molar-refractivity contribution is 6.30. The van der Waals surface area contributed by atoms with Crippen molar-refractivity contribution < 1.29 is 4.79 Å². The van der Waals surface area contributed by atoms with Gasteiger partial charge in [0, 0.05) is 23.2 Å². The maximum Gasteiger partial charge on any atom is 0.249 e. The Kier molecular flexibility index (Phi) is 3.38. The summed E-state index contributed by atoms with van der Waals surface area (Å²) in [6, 6.07) is 3.45. The quantitative estimate of drug-likeness (QED) is 0.919. The predicted molar refractivity (Wildman–Crippen MR) is 73.2 cm³/mol. The van der Waals surface area contributed by atoms with Gasteiger partial charge in [0.1, 0.15) is 0 Å². The van der Waals surface area contributed by atoms with Crippen LogP contribution in [-0.4, -0.2) is 20.5 Å². The molecule has 0 spiro atoms. The van der Waals surface area contributed by atoms with Gasteiger partial charge in [-0.05, 0) is 18.9 Å². The minimum Gasteiger partial charge on any atom is -0.293 e. The first-order chi connectivity index (χ1) is 9.22. The van der Waals surface area contributed by atoms with Crippen molar-refractivity contribution in [2.75, 3.05) is 5.32 Å². The second kappa shape index (κ2) is 5.17. The molecule has 1 aliphatic carbocycles. The standard InChI is InChI=1S/C13H15ClN4O/c14-10-6-7-18-11(8-10)15-13(17-18)16-12(19)9-4-2-1-3-5-9/h6-9H,1-5H2,(H,16,17,19). The van der Waals surface area contributed by atoms with Crippen LogP contribution in [0.2, 0.25) is 5.02 Å². The third-order valence-electron chi connectivity index (χ3n) is 3.51. The number of halogens is 1. The van der Waals surface area contributed by atoms with E-state index in [1.165, 1.54) is 6.42 Å². The maximum absolute atomic E-state index is 12.1. The van der Waals surface area contributed by atoms with E-state index in [0.717, 1.165) is 25.7 Å². The molecule has 3 rings (SSSR count). The lowest BCUT2D eigenvalue weighted by molar-refractivity contribution is -0.120. The van der Waals surface area contributed by atoms with Crippen molar-refractivity contribution in [3.05, 3.63) is 23.4 Å². The first-order valence-corrected chi connectivity index (χ1v) is 6.93. The fourth-order valence-electron chi connectivity index (χ4n) is 2.49. The minimum absolute atomic E-state index is 0.0294. The van der Waals surface area contributed by atoms with Gasteiger partial charge in [-0.1, -0.05) is 30.9 Å². The topological polar surface area (TPSA) is 59.3 Å². The molecule has 2 aromatic rings. The molecule has 0 aliphatic heterocycles. The van der Waals surface area contributed by atoms with E-state index in [2.05, 4.69) is 15.4 Å². The van der Waals surface area contributed by atoms with Crippen molar-refractivity contribution in [1.29, 1.82) is 0 Å². The van der Waals surface area contributed by atoms with E-state index in [1.54, 1.807) is 22.8 Å². The number of aromatic nitrogens is 3. The zero-order chi connectivity index (χ0) is 13.2. The summed E-state index contributed by atoms with van der Waals surface area (Å²) in [6.45, 7) is 0. The van der Waals surface area contributed by atoms with Gasteiger partial charge in [-0.15, -0.1) is 5.10 Å². The third-order valence-corrected chi connectivity index (χ3v) is 3.75. The SMILES string of the molecule is O=C(Nc1nc2cc(Cl)ccn2n1)C1CCCCC1. The molecule has 1 amide bonds. The van der Waals surface area contributed by atoms with Gasteiger partial charge < -0.3 is 0 Å². The molecular weight excluding hydrogens is 264 g/mol. The molecule has 0 aromatic carbocycles. The average Bonchev–Trinajstić information content (AvgIpc) is 2.81. The van der Waals surface area contributed by atoms with E-state index in [0.29, 0.717) is 16.6 Å². The molecule has 2 aromatic heterocycles. The zero-order valence-electron chi connectivity index (χ0n) is 10.5. The molecule has 100 valence electrons. The molecule has 0 radical (unpaired) electrons. The fraction of sp³-hybridized carbons (Fsp3) is 0.462. The monoisotopic (exact) mass is 278 g/mol. The van der Waals surface area contributed by atoms with Crippen molar-refractivity contribution in [2.24, 2.45) is 5.92 Å². The number of fused-ring (bicyclic) bond motifs is 1. The Morgan fingerprint density at radius 2 is 2.16 bits per heavy atom. The van der Waals surface area contributed by atoms with Crippen LogP contribution >= 0.6 is 11.6 Å². The summed E-state index contributed by atoms with van der Waals surface area (Å²) in [4.78, 5) is 16.3. The summed E-state index contributed by atoms with van der Waals surface area (Å²) >= 11 is 5.89. The number of nitrogens with one attached hydrogen (secondary N) is 1. The predicted octanol–water partition coefficient (Wildman–Crippen LogP) is 2.90. The molecule has 5 nitrogen and oxygen atoms in total. The second-order valence-corrected chi connectivity index (χ2v) is 5.34. The van der Waals surface area contributed by atoms with E-state index in [1.807, 2.05) is 0 Å². The number of nitrogens with zero attached hydrogens (tertiary/aromatic N) is 3. The zero-order valence-corrected chi connectivity index (χ0v) is 11.2. The number of hydrogen-bond donors (Lipinski definition) is 1. The molecular formula is C13H15ClN4O. The highest BCUT2D eigenvalue weighted by Crippen LogP contribution is 2.24. The van der Waals surface area contributed by atoms with Gasteiger partial charge in [0.05, 0.1) is 0 Å². The lowest BCUT2D eigenvalue weighted by Crippen LogP contribution is -2.25. The van der Waals surface area contributed by atoms with Crippen molar-refractivity contribution in [3.8, 4) is 0 Å². The van der Waals surface area contributed by atoms with Gasteiger partial charge in [0.15, 0.2) is 5.65 Å². The van der Waals surface area contributed by atoms with Crippen molar-refractivity contribution in [2.45, 2.75) is 32.1 Å². The lowest BCUT2D eigenvalue weighted by Gasteiger charge is -2.19. The van der Waals surface area contributed by atoms with Gasteiger partial charge in [0.25, 0.3) is 0 Å². The number of carbonyl (C=O) groups is 1. The summed E-state index contributed by atoms with van der Waals surface area (Å²) in [5.41, 5.74) is 0.631. The van der Waals surface area contributed by atoms with Crippen LogP contribution in [0.15, 0.2) is 18.3 Å². The fourth-order valence-corrected chi connectivity index (χ4v) is 2.64. The van der Waals surface area contributed by atoms with Gasteiger partial charge in [-0.2, -0.15) is 4.98 Å². The number of hydrogen-bond acceptors (Lipinski definition) is 3. The molecule has 1 saturated carbocycles. The van der Waals surface area contributed by atoms with E-state index >= 15 is 0 Å². The Hall–Kier alpha value is -1.62. The van der Waals surface area contributed by atoms with Crippen LogP contribution in [-0.2, 0) is 4.79 Å². The number of carbonyl (C=O) groups excluding carboxylic acids is 1. The normalized spacial score (nSPS) is 16.7. The molecule has 0 unspecified atom stereocenters. The number of rotatable bonds is 2.